The van der Waals surface area contributed by atoms with E-state index in [4.69, 9.17) is 10.5 Å². The predicted molar refractivity (Wildman–Crippen MR) is 66.0 cm³/mol. The highest BCUT2D eigenvalue weighted by molar-refractivity contribution is 9.10. The van der Waals surface area contributed by atoms with Crippen LogP contribution in [0.2, 0.25) is 0 Å². The van der Waals surface area contributed by atoms with Crippen LogP contribution in [-0.2, 0) is 11.8 Å². The summed E-state index contributed by atoms with van der Waals surface area (Å²) in [4.78, 5) is 0. The molecule has 0 spiro atoms. The van der Waals surface area contributed by atoms with Gasteiger partial charge in [-0.25, -0.2) is 4.68 Å². The minimum atomic E-state index is -0.396. The molecule has 0 saturated heterocycles. The van der Waals surface area contributed by atoms with Crippen LogP contribution in [0, 0.1) is 0 Å². The Labute approximate surface area is 104 Å². The number of halogens is 1. The zero-order valence-electron chi connectivity index (χ0n) is 10.2. The third-order valence-electron chi connectivity index (χ3n) is 2.96. The minimum absolute atomic E-state index is 0.258. The molecule has 5 nitrogen and oxygen atoms in total. The largest absolute Gasteiger partial charge is 0.374 e. The highest BCUT2D eigenvalue weighted by atomic mass is 79.9. The molecule has 1 rings (SSSR count). The first kappa shape index (κ1) is 13.6. The monoisotopic (exact) mass is 290 g/mol. The molecule has 0 saturated carbocycles. The van der Waals surface area contributed by atoms with Crippen LogP contribution >= 0.6 is 15.9 Å². The Bertz CT molecular complexity index is 335. The van der Waals surface area contributed by atoms with E-state index in [1.54, 1.807) is 4.68 Å². The summed E-state index contributed by atoms with van der Waals surface area (Å²) in [5.74, 6) is 0. The van der Waals surface area contributed by atoms with Crippen LogP contribution in [0.4, 0.5) is 0 Å². The lowest BCUT2D eigenvalue weighted by Crippen LogP contribution is -2.41. The van der Waals surface area contributed by atoms with Crippen molar-refractivity contribution in [1.29, 1.82) is 0 Å². The maximum Gasteiger partial charge on any atom is 0.153 e. The number of aryl methyl sites for hydroxylation is 1. The Hall–Kier alpha value is -0.460. The Morgan fingerprint density at radius 2 is 2.19 bits per heavy atom. The number of ether oxygens (including phenoxy) is 1. The molecule has 2 N–H and O–H groups in total. The fourth-order valence-corrected chi connectivity index (χ4v) is 2.27. The lowest BCUT2D eigenvalue weighted by atomic mass is 9.91. The van der Waals surface area contributed by atoms with Crippen LogP contribution in [0.25, 0.3) is 0 Å². The van der Waals surface area contributed by atoms with Gasteiger partial charge in [0.05, 0.1) is 17.3 Å². The smallest absolute Gasteiger partial charge is 0.153 e. The van der Waals surface area contributed by atoms with Gasteiger partial charge in [-0.15, -0.1) is 5.10 Å². The molecule has 0 aliphatic heterocycles. The van der Waals surface area contributed by atoms with Crippen molar-refractivity contribution in [3.05, 3.63) is 10.3 Å². The third-order valence-corrected chi connectivity index (χ3v) is 3.52. The molecule has 0 aromatic carbocycles. The molecule has 0 bridgehead atoms. The van der Waals surface area contributed by atoms with Crippen molar-refractivity contribution >= 4 is 15.9 Å². The van der Waals surface area contributed by atoms with Gasteiger partial charge in [0.2, 0.25) is 0 Å². The van der Waals surface area contributed by atoms with E-state index in [9.17, 15) is 0 Å². The normalized spacial score (nSPS) is 17.1. The molecule has 0 aliphatic carbocycles. The first-order valence-electron chi connectivity index (χ1n) is 5.40. The molecule has 1 aromatic rings. The molecule has 2 unspecified atom stereocenters. The van der Waals surface area contributed by atoms with Gasteiger partial charge >= 0.3 is 0 Å². The fraction of sp³-hybridized carbons (Fsp3) is 0.800. The Morgan fingerprint density at radius 3 is 2.56 bits per heavy atom. The summed E-state index contributed by atoms with van der Waals surface area (Å²) in [6.07, 6.45) is 0.833. The lowest BCUT2D eigenvalue weighted by Gasteiger charge is -2.34. The third kappa shape index (κ3) is 2.44. The van der Waals surface area contributed by atoms with Crippen LogP contribution in [0.1, 0.15) is 38.9 Å². The molecule has 6 heteroatoms. The second-order valence-electron chi connectivity index (χ2n) is 3.97. The molecule has 0 fully saturated rings. The number of nitrogens with two attached hydrogens (primary N) is 1. The van der Waals surface area contributed by atoms with Crippen LogP contribution < -0.4 is 5.73 Å². The predicted octanol–water partition coefficient (Wildman–Crippen LogP) is 1.78. The molecule has 2 atom stereocenters. The summed E-state index contributed by atoms with van der Waals surface area (Å²) >= 11 is 3.36. The standard InChI is InChI=1S/C10H19BrN4O/c1-5-10(3,16-6-2)8(12)7-9(11)13-14-15(7)4/h8H,5-6,12H2,1-4H3. The van der Waals surface area contributed by atoms with Gasteiger partial charge in [0.15, 0.2) is 4.60 Å². The van der Waals surface area contributed by atoms with E-state index in [1.807, 2.05) is 20.9 Å². The molecule has 0 amide bonds. The maximum atomic E-state index is 6.26. The first-order valence-corrected chi connectivity index (χ1v) is 6.20. The maximum absolute atomic E-state index is 6.26. The van der Waals surface area contributed by atoms with Crippen molar-refractivity contribution in [2.45, 2.75) is 38.8 Å². The van der Waals surface area contributed by atoms with E-state index in [1.165, 1.54) is 0 Å². The zero-order chi connectivity index (χ0) is 12.3. The summed E-state index contributed by atoms with van der Waals surface area (Å²) < 4.78 is 8.12. The van der Waals surface area contributed by atoms with Gasteiger partial charge in [-0.05, 0) is 36.2 Å². The van der Waals surface area contributed by atoms with Crippen molar-refractivity contribution < 1.29 is 4.74 Å². The quantitative estimate of drug-likeness (QED) is 0.898. The topological polar surface area (TPSA) is 66.0 Å². The van der Waals surface area contributed by atoms with E-state index in [2.05, 4.69) is 33.2 Å². The van der Waals surface area contributed by atoms with Gasteiger partial charge in [0.25, 0.3) is 0 Å². The summed E-state index contributed by atoms with van der Waals surface area (Å²) in [6.45, 7) is 6.69. The van der Waals surface area contributed by atoms with Gasteiger partial charge in [-0.2, -0.15) is 0 Å². The Balaban J connectivity index is 3.04. The number of hydrogen-bond donors (Lipinski definition) is 1. The lowest BCUT2D eigenvalue weighted by molar-refractivity contribution is -0.0489. The molecule has 1 aromatic heterocycles. The highest BCUT2D eigenvalue weighted by Gasteiger charge is 2.35. The second-order valence-corrected chi connectivity index (χ2v) is 4.72. The number of hydrogen-bond acceptors (Lipinski definition) is 4. The highest BCUT2D eigenvalue weighted by Crippen LogP contribution is 2.32. The van der Waals surface area contributed by atoms with E-state index in [-0.39, 0.29) is 6.04 Å². The summed E-state index contributed by atoms with van der Waals surface area (Å²) in [5, 5.41) is 7.87. The van der Waals surface area contributed by atoms with Gasteiger partial charge in [-0.3, -0.25) is 0 Å². The van der Waals surface area contributed by atoms with Crippen LogP contribution in [0.3, 0.4) is 0 Å². The van der Waals surface area contributed by atoms with Crippen LogP contribution in [0.15, 0.2) is 4.60 Å². The molecule has 92 valence electrons. The van der Waals surface area contributed by atoms with E-state index >= 15 is 0 Å². The molecule has 1 heterocycles. The Kier molecular flexibility index (Phi) is 4.46. The van der Waals surface area contributed by atoms with Gasteiger partial charge < -0.3 is 10.5 Å². The van der Waals surface area contributed by atoms with Crippen molar-refractivity contribution in [3.63, 3.8) is 0 Å². The van der Waals surface area contributed by atoms with Gasteiger partial charge in [0.1, 0.15) is 0 Å². The molecule has 0 aliphatic rings. The molecular weight excluding hydrogens is 272 g/mol. The van der Waals surface area contributed by atoms with E-state index < -0.39 is 5.60 Å². The molecular formula is C10H19BrN4O. The summed E-state index contributed by atoms with van der Waals surface area (Å²) in [7, 11) is 1.83. The first-order chi connectivity index (χ1) is 7.46. The molecule has 16 heavy (non-hydrogen) atoms. The fourth-order valence-electron chi connectivity index (χ4n) is 1.70. The summed E-state index contributed by atoms with van der Waals surface area (Å²) in [5.41, 5.74) is 6.72. The van der Waals surface area contributed by atoms with E-state index in [0.29, 0.717) is 11.2 Å². The SMILES string of the molecule is CCOC(C)(CC)C(N)c1c(Br)nnn1C. The number of aromatic nitrogens is 3. The van der Waals surface area contributed by atoms with Gasteiger partial charge in [0, 0.05) is 13.7 Å². The van der Waals surface area contributed by atoms with Crippen LogP contribution in [0.5, 0.6) is 0 Å². The minimum Gasteiger partial charge on any atom is -0.374 e. The van der Waals surface area contributed by atoms with Gasteiger partial charge in [-0.1, -0.05) is 12.1 Å². The van der Waals surface area contributed by atoms with Crippen molar-refractivity contribution in [3.8, 4) is 0 Å². The molecule has 0 radical (unpaired) electrons. The van der Waals surface area contributed by atoms with E-state index in [0.717, 1.165) is 12.1 Å². The van der Waals surface area contributed by atoms with Crippen molar-refractivity contribution in [2.24, 2.45) is 12.8 Å². The summed E-state index contributed by atoms with van der Waals surface area (Å²) in [6, 6.07) is -0.258. The van der Waals surface area contributed by atoms with Crippen molar-refractivity contribution in [2.75, 3.05) is 6.61 Å². The average Bonchev–Trinajstić information content (AvgIpc) is 2.58. The second kappa shape index (κ2) is 5.25. The Morgan fingerprint density at radius 1 is 1.56 bits per heavy atom. The number of nitrogens with zero attached hydrogens (tertiary/aromatic N) is 3. The zero-order valence-corrected chi connectivity index (χ0v) is 11.8. The van der Waals surface area contributed by atoms with Crippen LogP contribution in [-0.4, -0.2) is 27.2 Å². The average molecular weight is 291 g/mol. The number of rotatable bonds is 5. The van der Waals surface area contributed by atoms with Crippen molar-refractivity contribution in [1.82, 2.24) is 15.0 Å².